The molecule has 0 spiro atoms. The Hall–Kier alpha value is -2.34. The lowest BCUT2D eigenvalue weighted by Gasteiger charge is -2.09. The standard InChI is InChI=1S/C16H18ClN3O3/c1-9-12(10(2)20-19-9)5-7-15(21)18-14-8-11(16(22)23-3)4-6-13(14)17/h4,6,8H,5,7H2,1-3H3,(H,18,21)(H,19,20). The van der Waals surface area contributed by atoms with E-state index in [0.717, 1.165) is 17.0 Å². The average molecular weight is 336 g/mol. The van der Waals surface area contributed by atoms with Gasteiger partial charge in [-0.05, 0) is 44.0 Å². The first-order chi connectivity index (χ1) is 10.9. The minimum atomic E-state index is -0.484. The molecule has 0 radical (unpaired) electrons. The Kier molecular flexibility index (Phi) is 5.39. The Balaban J connectivity index is 2.04. The van der Waals surface area contributed by atoms with Crippen molar-refractivity contribution < 1.29 is 14.3 Å². The van der Waals surface area contributed by atoms with Crippen molar-refractivity contribution in [2.45, 2.75) is 26.7 Å². The zero-order valence-electron chi connectivity index (χ0n) is 13.2. The second-order valence-electron chi connectivity index (χ2n) is 5.15. The zero-order chi connectivity index (χ0) is 17.0. The van der Waals surface area contributed by atoms with Gasteiger partial charge in [-0.2, -0.15) is 5.10 Å². The van der Waals surface area contributed by atoms with Crippen molar-refractivity contribution in [2.75, 3.05) is 12.4 Å². The lowest BCUT2D eigenvalue weighted by molar-refractivity contribution is -0.116. The summed E-state index contributed by atoms with van der Waals surface area (Å²) in [6.07, 6.45) is 0.869. The molecule has 2 N–H and O–H groups in total. The summed E-state index contributed by atoms with van der Waals surface area (Å²) in [4.78, 5) is 23.6. The maximum Gasteiger partial charge on any atom is 0.337 e. The topological polar surface area (TPSA) is 84.1 Å². The summed E-state index contributed by atoms with van der Waals surface area (Å²) in [5.41, 5.74) is 3.60. The molecule has 0 aliphatic rings. The highest BCUT2D eigenvalue weighted by molar-refractivity contribution is 6.33. The number of rotatable bonds is 5. The summed E-state index contributed by atoms with van der Waals surface area (Å²) in [7, 11) is 1.30. The smallest absolute Gasteiger partial charge is 0.337 e. The summed E-state index contributed by atoms with van der Waals surface area (Å²) in [5, 5.41) is 10.1. The van der Waals surface area contributed by atoms with Crippen molar-refractivity contribution in [3.8, 4) is 0 Å². The van der Waals surface area contributed by atoms with Crippen molar-refractivity contribution in [1.29, 1.82) is 0 Å². The number of hydrogen-bond acceptors (Lipinski definition) is 4. The van der Waals surface area contributed by atoms with Gasteiger partial charge in [-0.25, -0.2) is 4.79 Å². The minimum Gasteiger partial charge on any atom is -0.465 e. The summed E-state index contributed by atoms with van der Waals surface area (Å²) in [6, 6.07) is 4.59. The summed E-state index contributed by atoms with van der Waals surface area (Å²) < 4.78 is 4.65. The molecule has 0 atom stereocenters. The number of halogens is 1. The second kappa shape index (κ2) is 7.28. The van der Waals surface area contributed by atoms with E-state index in [9.17, 15) is 9.59 Å². The maximum atomic E-state index is 12.1. The molecule has 6 nitrogen and oxygen atoms in total. The molecule has 0 aliphatic carbocycles. The van der Waals surface area contributed by atoms with Gasteiger partial charge in [0.2, 0.25) is 5.91 Å². The number of nitrogens with one attached hydrogen (secondary N) is 2. The summed E-state index contributed by atoms with van der Waals surface area (Å²) in [6.45, 7) is 3.82. The number of aromatic nitrogens is 2. The Morgan fingerprint density at radius 1 is 1.35 bits per heavy atom. The Labute approximate surface area is 139 Å². The van der Waals surface area contributed by atoms with Gasteiger partial charge in [-0.3, -0.25) is 9.89 Å². The predicted octanol–water partition coefficient (Wildman–Crippen LogP) is 3.04. The van der Waals surface area contributed by atoms with E-state index < -0.39 is 5.97 Å². The van der Waals surface area contributed by atoms with Crippen LogP contribution in [0.4, 0.5) is 5.69 Å². The lowest BCUT2D eigenvalue weighted by Crippen LogP contribution is -2.14. The van der Waals surface area contributed by atoms with Crippen LogP contribution in [0.5, 0.6) is 0 Å². The molecule has 1 aromatic heterocycles. The molecular weight excluding hydrogens is 318 g/mol. The second-order valence-corrected chi connectivity index (χ2v) is 5.55. The van der Waals surface area contributed by atoms with Crippen LogP contribution >= 0.6 is 11.6 Å². The van der Waals surface area contributed by atoms with Crippen LogP contribution in [0.1, 0.15) is 33.7 Å². The number of ether oxygens (including phenoxy) is 1. The highest BCUT2D eigenvalue weighted by Crippen LogP contribution is 2.24. The molecular formula is C16H18ClN3O3. The van der Waals surface area contributed by atoms with Gasteiger partial charge in [0.1, 0.15) is 0 Å². The van der Waals surface area contributed by atoms with E-state index in [2.05, 4.69) is 20.3 Å². The first kappa shape index (κ1) is 17.0. The van der Waals surface area contributed by atoms with Gasteiger partial charge in [0.15, 0.2) is 0 Å². The number of aromatic amines is 1. The van der Waals surface area contributed by atoms with Crippen LogP contribution < -0.4 is 5.32 Å². The van der Waals surface area contributed by atoms with E-state index >= 15 is 0 Å². The molecule has 0 bridgehead atoms. The fraction of sp³-hybridized carbons (Fsp3) is 0.312. The van der Waals surface area contributed by atoms with Crippen LogP contribution in [-0.2, 0) is 16.0 Å². The first-order valence-corrected chi connectivity index (χ1v) is 7.48. The number of aryl methyl sites for hydroxylation is 2. The molecule has 0 unspecified atom stereocenters. The molecule has 1 amide bonds. The van der Waals surface area contributed by atoms with Crippen LogP contribution in [0.2, 0.25) is 5.02 Å². The van der Waals surface area contributed by atoms with Crippen LogP contribution in [0.25, 0.3) is 0 Å². The van der Waals surface area contributed by atoms with Crippen LogP contribution in [0.3, 0.4) is 0 Å². The van der Waals surface area contributed by atoms with Crippen molar-refractivity contribution >= 4 is 29.2 Å². The third-order valence-corrected chi connectivity index (χ3v) is 3.87. The molecule has 1 heterocycles. The summed E-state index contributed by atoms with van der Waals surface area (Å²) in [5.74, 6) is -0.671. The fourth-order valence-electron chi connectivity index (χ4n) is 2.26. The molecule has 7 heteroatoms. The Bertz CT molecular complexity index is 721. The number of methoxy groups -OCH3 is 1. The minimum absolute atomic E-state index is 0.186. The number of H-pyrrole nitrogens is 1. The highest BCUT2D eigenvalue weighted by Gasteiger charge is 2.13. The molecule has 23 heavy (non-hydrogen) atoms. The van der Waals surface area contributed by atoms with Crippen molar-refractivity contribution in [1.82, 2.24) is 10.2 Å². The van der Waals surface area contributed by atoms with Crippen molar-refractivity contribution in [3.05, 3.63) is 45.7 Å². The Morgan fingerprint density at radius 2 is 2.09 bits per heavy atom. The average Bonchev–Trinajstić information content (AvgIpc) is 2.85. The van der Waals surface area contributed by atoms with Crippen LogP contribution in [-0.4, -0.2) is 29.2 Å². The molecule has 1 aromatic carbocycles. The molecule has 0 fully saturated rings. The third kappa shape index (κ3) is 4.10. The van der Waals surface area contributed by atoms with Gasteiger partial charge in [0.25, 0.3) is 0 Å². The van der Waals surface area contributed by atoms with Crippen LogP contribution in [0.15, 0.2) is 18.2 Å². The predicted molar refractivity (Wildman–Crippen MR) is 87.8 cm³/mol. The number of anilines is 1. The largest absolute Gasteiger partial charge is 0.465 e. The molecule has 122 valence electrons. The Morgan fingerprint density at radius 3 is 2.70 bits per heavy atom. The molecule has 0 saturated carbocycles. The number of hydrogen-bond donors (Lipinski definition) is 2. The van der Waals surface area contributed by atoms with E-state index in [4.69, 9.17) is 11.6 Å². The van der Waals surface area contributed by atoms with Crippen molar-refractivity contribution in [2.24, 2.45) is 0 Å². The number of amides is 1. The summed E-state index contributed by atoms with van der Waals surface area (Å²) >= 11 is 6.06. The fourth-order valence-corrected chi connectivity index (χ4v) is 2.42. The van der Waals surface area contributed by atoms with Crippen molar-refractivity contribution in [3.63, 3.8) is 0 Å². The van der Waals surface area contributed by atoms with E-state index in [1.807, 2.05) is 13.8 Å². The molecule has 0 aliphatic heterocycles. The lowest BCUT2D eigenvalue weighted by atomic mass is 10.1. The SMILES string of the molecule is COC(=O)c1ccc(Cl)c(NC(=O)CCc2c(C)n[nH]c2C)c1. The van der Waals surface area contributed by atoms with Gasteiger partial charge in [0, 0.05) is 12.1 Å². The van der Waals surface area contributed by atoms with E-state index in [1.54, 1.807) is 12.1 Å². The van der Waals surface area contributed by atoms with Gasteiger partial charge < -0.3 is 10.1 Å². The quantitative estimate of drug-likeness (QED) is 0.822. The number of nitrogens with zero attached hydrogens (tertiary/aromatic N) is 1. The van der Waals surface area contributed by atoms with E-state index in [0.29, 0.717) is 29.1 Å². The molecule has 2 rings (SSSR count). The number of esters is 1. The monoisotopic (exact) mass is 335 g/mol. The van der Waals surface area contributed by atoms with Gasteiger partial charge >= 0.3 is 5.97 Å². The number of benzene rings is 1. The number of carbonyl (C=O) groups excluding carboxylic acids is 2. The molecule has 2 aromatic rings. The van der Waals surface area contributed by atoms with Gasteiger partial charge in [-0.1, -0.05) is 11.6 Å². The van der Waals surface area contributed by atoms with Gasteiger partial charge in [-0.15, -0.1) is 0 Å². The normalized spacial score (nSPS) is 10.4. The third-order valence-electron chi connectivity index (χ3n) is 3.54. The zero-order valence-corrected chi connectivity index (χ0v) is 14.0. The van der Waals surface area contributed by atoms with Gasteiger partial charge in [0.05, 0.1) is 29.1 Å². The maximum absolute atomic E-state index is 12.1. The highest BCUT2D eigenvalue weighted by atomic mass is 35.5. The number of carbonyl (C=O) groups is 2. The first-order valence-electron chi connectivity index (χ1n) is 7.10. The van der Waals surface area contributed by atoms with E-state index in [-0.39, 0.29) is 5.91 Å². The van der Waals surface area contributed by atoms with E-state index in [1.165, 1.54) is 13.2 Å². The molecule has 0 saturated heterocycles. The van der Waals surface area contributed by atoms with Crippen LogP contribution in [0, 0.1) is 13.8 Å².